The smallest absolute Gasteiger partial charge is 0.124 e. The Morgan fingerprint density at radius 1 is 1.20 bits per heavy atom. The third-order valence-electron chi connectivity index (χ3n) is 2.95. The highest BCUT2D eigenvalue weighted by Gasteiger charge is 2.12. The van der Waals surface area contributed by atoms with Crippen LogP contribution in [-0.2, 0) is 0 Å². The van der Waals surface area contributed by atoms with Gasteiger partial charge in [0.1, 0.15) is 11.5 Å². The van der Waals surface area contributed by atoms with E-state index in [0.717, 1.165) is 10.2 Å². The molecular formula is C15H13BrN2O2. The van der Waals surface area contributed by atoms with Crippen LogP contribution in [0.3, 0.4) is 0 Å². The van der Waals surface area contributed by atoms with Gasteiger partial charge in [-0.2, -0.15) is 5.26 Å². The van der Waals surface area contributed by atoms with E-state index in [2.05, 4.69) is 27.3 Å². The van der Waals surface area contributed by atoms with Gasteiger partial charge in [0, 0.05) is 21.8 Å². The number of nitrogens with one attached hydrogen (secondary N) is 1. The van der Waals surface area contributed by atoms with Crippen LogP contribution >= 0.6 is 15.9 Å². The first-order chi connectivity index (χ1) is 9.51. The Kier molecular flexibility index (Phi) is 4.16. The number of hydrogen-bond acceptors (Lipinski definition) is 4. The van der Waals surface area contributed by atoms with Crippen LogP contribution in [0, 0.1) is 11.3 Å². The maximum absolute atomic E-state index is 9.84. The zero-order chi connectivity index (χ0) is 14.7. The number of rotatable bonds is 3. The lowest BCUT2D eigenvalue weighted by Gasteiger charge is -2.18. The molecule has 20 heavy (non-hydrogen) atoms. The molecule has 0 aliphatic heterocycles. The molecule has 0 aliphatic rings. The summed E-state index contributed by atoms with van der Waals surface area (Å²) in [6.45, 7) is 1.90. The molecule has 4 nitrogen and oxygen atoms in total. The van der Waals surface area contributed by atoms with Crippen LogP contribution in [0.4, 0.5) is 5.69 Å². The summed E-state index contributed by atoms with van der Waals surface area (Å²) >= 11 is 3.40. The highest BCUT2D eigenvalue weighted by Crippen LogP contribution is 2.32. The SMILES string of the molecule is CC(Nc1ccc(C#N)cc1Br)c1ccc(O)cc1O. The molecule has 2 aromatic rings. The summed E-state index contributed by atoms with van der Waals surface area (Å²) in [6.07, 6.45) is 0. The summed E-state index contributed by atoms with van der Waals surface area (Å²) in [6, 6.07) is 11.7. The molecule has 0 spiro atoms. The Labute approximate surface area is 125 Å². The Morgan fingerprint density at radius 3 is 2.55 bits per heavy atom. The molecule has 0 fully saturated rings. The van der Waals surface area contributed by atoms with Crippen molar-refractivity contribution in [3.63, 3.8) is 0 Å². The minimum atomic E-state index is -0.153. The lowest BCUT2D eigenvalue weighted by atomic mass is 10.1. The first-order valence-corrected chi connectivity index (χ1v) is 6.78. The zero-order valence-corrected chi connectivity index (χ0v) is 12.3. The van der Waals surface area contributed by atoms with E-state index >= 15 is 0 Å². The van der Waals surface area contributed by atoms with Gasteiger partial charge in [-0.05, 0) is 53.2 Å². The van der Waals surface area contributed by atoms with Crippen LogP contribution in [0.2, 0.25) is 0 Å². The number of phenolic OH excluding ortho intramolecular Hbond substituents is 2. The monoisotopic (exact) mass is 332 g/mol. The zero-order valence-electron chi connectivity index (χ0n) is 10.8. The van der Waals surface area contributed by atoms with Crippen molar-refractivity contribution in [1.82, 2.24) is 0 Å². The summed E-state index contributed by atoms with van der Waals surface area (Å²) in [4.78, 5) is 0. The van der Waals surface area contributed by atoms with Crippen molar-refractivity contribution in [1.29, 1.82) is 5.26 Å². The lowest BCUT2D eigenvalue weighted by Crippen LogP contribution is -2.07. The van der Waals surface area contributed by atoms with E-state index < -0.39 is 0 Å². The van der Waals surface area contributed by atoms with E-state index in [-0.39, 0.29) is 17.5 Å². The minimum absolute atomic E-state index is 0.0259. The van der Waals surface area contributed by atoms with Gasteiger partial charge in [-0.25, -0.2) is 0 Å². The molecule has 3 N–H and O–H groups in total. The molecular weight excluding hydrogens is 320 g/mol. The normalized spacial score (nSPS) is 11.7. The molecule has 0 radical (unpaired) electrons. The van der Waals surface area contributed by atoms with Gasteiger partial charge in [-0.1, -0.05) is 0 Å². The number of nitriles is 1. The van der Waals surface area contributed by atoms with Crippen LogP contribution < -0.4 is 5.32 Å². The van der Waals surface area contributed by atoms with E-state index in [1.807, 2.05) is 6.92 Å². The van der Waals surface area contributed by atoms with Gasteiger partial charge < -0.3 is 15.5 Å². The van der Waals surface area contributed by atoms with Gasteiger partial charge in [0.25, 0.3) is 0 Å². The molecule has 2 rings (SSSR count). The maximum atomic E-state index is 9.84. The summed E-state index contributed by atoms with van der Waals surface area (Å²) in [5.41, 5.74) is 2.07. The first kappa shape index (κ1) is 14.2. The molecule has 1 atom stereocenters. The fourth-order valence-electron chi connectivity index (χ4n) is 1.91. The quantitative estimate of drug-likeness (QED) is 0.796. The molecule has 0 saturated heterocycles. The van der Waals surface area contributed by atoms with Crippen molar-refractivity contribution in [2.24, 2.45) is 0 Å². The van der Waals surface area contributed by atoms with Crippen LogP contribution in [0.1, 0.15) is 24.1 Å². The fourth-order valence-corrected chi connectivity index (χ4v) is 2.40. The third kappa shape index (κ3) is 3.03. The average Bonchev–Trinajstić information content (AvgIpc) is 2.40. The Bertz CT molecular complexity index is 680. The second kappa shape index (κ2) is 5.85. The second-order valence-electron chi connectivity index (χ2n) is 4.42. The van der Waals surface area contributed by atoms with E-state index in [9.17, 15) is 10.2 Å². The third-order valence-corrected chi connectivity index (χ3v) is 3.61. The topological polar surface area (TPSA) is 76.3 Å². The van der Waals surface area contributed by atoms with Gasteiger partial charge >= 0.3 is 0 Å². The van der Waals surface area contributed by atoms with Gasteiger partial charge in [-0.3, -0.25) is 0 Å². The summed E-state index contributed by atoms with van der Waals surface area (Å²) in [5, 5.41) is 31.2. The number of nitrogens with zero attached hydrogens (tertiary/aromatic N) is 1. The molecule has 0 heterocycles. The van der Waals surface area contributed by atoms with E-state index in [1.165, 1.54) is 12.1 Å². The molecule has 1 unspecified atom stereocenters. The molecule has 0 aromatic heterocycles. The van der Waals surface area contributed by atoms with Gasteiger partial charge in [-0.15, -0.1) is 0 Å². The Morgan fingerprint density at radius 2 is 1.95 bits per heavy atom. The van der Waals surface area contributed by atoms with Crippen LogP contribution in [0.5, 0.6) is 11.5 Å². The number of anilines is 1. The van der Waals surface area contributed by atoms with Crippen molar-refractivity contribution in [2.75, 3.05) is 5.32 Å². The maximum Gasteiger partial charge on any atom is 0.124 e. The van der Waals surface area contributed by atoms with Gasteiger partial charge in [0.15, 0.2) is 0 Å². The molecule has 0 saturated carbocycles. The predicted octanol–water partition coefficient (Wildman–Crippen LogP) is 3.91. The number of phenols is 2. The number of halogens is 1. The summed E-state index contributed by atoms with van der Waals surface area (Å²) in [7, 11) is 0. The van der Waals surface area contributed by atoms with Gasteiger partial charge in [0.05, 0.1) is 17.7 Å². The molecule has 0 aliphatic carbocycles. The number of hydrogen-bond donors (Lipinski definition) is 3. The standard InChI is InChI=1S/C15H13BrN2O2/c1-9(12-4-3-11(19)7-15(12)20)18-14-5-2-10(8-17)6-13(14)16/h2-7,9,18-20H,1H3. The molecule has 0 amide bonds. The van der Waals surface area contributed by atoms with Crippen molar-refractivity contribution >= 4 is 21.6 Å². The molecule has 5 heteroatoms. The Hall–Kier alpha value is -2.19. The predicted molar refractivity (Wildman–Crippen MR) is 80.7 cm³/mol. The summed E-state index contributed by atoms with van der Waals surface area (Å²) < 4.78 is 0.779. The number of aromatic hydroxyl groups is 2. The highest BCUT2D eigenvalue weighted by molar-refractivity contribution is 9.10. The summed E-state index contributed by atoms with van der Waals surface area (Å²) in [5.74, 6) is 0.0628. The van der Waals surface area contributed by atoms with Crippen molar-refractivity contribution in [2.45, 2.75) is 13.0 Å². The first-order valence-electron chi connectivity index (χ1n) is 5.99. The average molecular weight is 333 g/mol. The molecule has 0 bridgehead atoms. The molecule has 102 valence electrons. The number of benzene rings is 2. The van der Waals surface area contributed by atoms with E-state index in [4.69, 9.17) is 5.26 Å². The van der Waals surface area contributed by atoms with Crippen LogP contribution in [-0.4, -0.2) is 10.2 Å². The van der Waals surface area contributed by atoms with Crippen molar-refractivity contribution in [3.05, 3.63) is 52.0 Å². The van der Waals surface area contributed by atoms with Crippen molar-refractivity contribution in [3.8, 4) is 17.6 Å². The lowest BCUT2D eigenvalue weighted by molar-refractivity contribution is 0.444. The fraction of sp³-hybridized carbons (Fsp3) is 0.133. The minimum Gasteiger partial charge on any atom is -0.508 e. The molecule has 2 aromatic carbocycles. The van der Waals surface area contributed by atoms with Crippen LogP contribution in [0.15, 0.2) is 40.9 Å². The van der Waals surface area contributed by atoms with Gasteiger partial charge in [0.2, 0.25) is 0 Å². The van der Waals surface area contributed by atoms with Crippen molar-refractivity contribution < 1.29 is 10.2 Å². The van der Waals surface area contributed by atoms with Crippen LogP contribution in [0.25, 0.3) is 0 Å². The second-order valence-corrected chi connectivity index (χ2v) is 5.27. The highest BCUT2D eigenvalue weighted by atomic mass is 79.9. The van der Waals surface area contributed by atoms with E-state index in [0.29, 0.717) is 11.1 Å². The van der Waals surface area contributed by atoms with E-state index in [1.54, 1.807) is 24.3 Å². The largest absolute Gasteiger partial charge is 0.508 e. The Balaban J connectivity index is 2.23.